The van der Waals surface area contributed by atoms with Crippen LogP contribution in [-0.2, 0) is 13.2 Å². The van der Waals surface area contributed by atoms with Crippen LogP contribution in [0.2, 0.25) is 0 Å². The molecule has 4 nitrogen and oxygen atoms in total. The van der Waals surface area contributed by atoms with E-state index in [1.807, 2.05) is 0 Å². The van der Waals surface area contributed by atoms with Gasteiger partial charge in [0.25, 0.3) is 0 Å². The number of hydrogen-bond acceptors (Lipinski definition) is 0. The summed E-state index contributed by atoms with van der Waals surface area (Å²) in [5.74, 6) is 0. The van der Waals surface area contributed by atoms with E-state index in [2.05, 4.69) is 85.2 Å². The number of nitrogens with zero attached hydrogens (tertiary/aromatic N) is 4. The van der Waals surface area contributed by atoms with Crippen molar-refractivity contribution in [2.24, 2.45) is 0 Å². The SMILES string of the molecule is c1ccc(-c2c[n+]3c4ccc[n+]5c4c4c6c(cc[n+]4C5)Cn2c63)cc1. The van der Waals surface area contributed by atoms with E-state index in [0.29, 0.717) is 0 Å². The zero-order chi connectivity index (χ0) is 16.1. The molecular formula is C21H15N4+3. The third-order valence-electron chi connectivity index (χ3n) is 5.79. The number of rotatable bonds is 1. The second-order valence-electron chi connectivity index (χ2n) is 7.05. The monoisotopic (exact) mass is 323 g/mol. The molecule has 5 aromatic rings. The van der Waals surface area contributed by atoms with E-state index >= 15 is 0 Å². The summed E-state index contributed by atoms with van der Waals surface area (Å²) in [5.41, 5.74) is 9.31. The Labute approximate surface area is 143 Å². The summed E-state index contributed by atoms with van der Waals surface area (Å²) in [7, 11) is 0. The second kappa shape index (κ2) is 3.86. The molecule has 6 heterocycles. The number of hydrogen-bond donors (Lipinski definition) is 0. The molecule has 0 bridgehead atoms. The number of fused-ring (bicyclic) bond motifs is 1. The van der Waals surface area contributed by atoms with Gasteiger partial charge in [-0.25, -0.2) is 4.57 Å². The van der Waals surface area contributed by atoms with Crippen LogP contribution in [0, 0.1) is 0 Å². The Morgan fingerprint density at radius 3 is 2.64 bits per heavy atom. The first-order valence-electron chi connectivity index (χ1n) is 8.70. The van der Waals surface area contributed by atoms with Crippen molar-refractivity contribution in [1.29, 1.82) is 0 Å². The molecule has 0 atom stereocenters. The smallest absolute Gasteiger partial charge is 0.218 e. The normalized spacial score (nSPS) is 14.1. The molecule has 0 amide bonds. The minimum Gasteiger partial charge on any atom is -0.218 e. The van der Waals surface area contributed by atoms with E-state index in [-0.39, 0.29) is 0 Å². The minimum atomic E-state index is 0.905. The van der Waals surface area contributed by atoms with E-state index in [1.54, 1.807) is 0 Å². The van der Waals surface area contributed by atoms with Crippen LogP contribution in [0.25, 0.3) is 38.8 Å². The van der Waals surface area contributed by atoms with Gasteiger partial charge in [-0.3, -0.25) is 0 Å². The third kappa shape index (κ3) is 1.27. The molecule has 7 rings (SSSR count). The molecule has 1 aromatic carbocycles. The van der Waals surface area contributed by atoms with Gasteiger partial charge in [0.05, 0.1) is 0 Å². The first-order chi connectivity index (χ1) is 12.4. The fourth-order valence-electron chi connectivity index (χ4n) is 4.77. The van der Waals surface area contributed by atoms with Gasteiger partial charge in [-0.1, -0.05) is 30.3 Å². The average molecular weight is 323 g/mol. The van der Waals surface area contributed by atoms with Gasteiger partial charge >= 0.3 is 23.3 Å². The van der Waals surface area contributed by atoms with Crippen molar-refractivity contribution >= 4 is 27.6 Å². The standard InChI is InChI=1S/C21H15N4/c1-2-5-14(6-3-1)17-12-25-16-7-4-9-22-13-23-10-8-15-11-24(17)21(25)18(15)20(23)19(16)22/h1-10,12H,11,13H2/q+3. The van der Waals surface area contributed by atoms with Gasteiger partial charge in [0.1, 0.15) is 12.7 Å². The van der Waals surface area contributed by atoms with Crippen LogP contribution in [0.1, 0.15) is 5.56 Å². The Morgan fingerprint density at radius 2 is 1.72 bits per heavy atom. The predicted molar refractivity (Wildman–Crippen MR) is 92.9 cm³/mol. The minimum absolute atomic E-state index is 0.905. The number of imidazole rings is 1. The molecule has 2 aliphatic heterocycles. The summed E-state index contributed by atoms with van der Waals surface area (Å²) in [5, 5.41) is 1.41. The highest BCUT2D eigenvalue weighted by Gasteiger charge is 2.42. The molecule has 0 spiro atoms. The summed E-state index contributed by atoms with van der Waals surface area (Å²) in [6.45, 7) is 1.85. The second-order valence-corrected chi connectivity index (χ2v) is 7.05. The molecule has 0 aliphatic carbocycles. The van der Waals surface area contributed by atoms with Crippen LogP contribution in [0.15, 0.2) is 67.1 Å². The predicted octanol–water partition coefficient (Wildman–Crippen LogP) is 1.96. The first-order valence-corrected chi connectivity index (χ1v) is 8.70. The Kier molecular flexibility index (Phi) is 1.87. The van der Waals surface area contributed by atoms with Crippen molar-refractivity contribution in [3.05, 3.63) is 72.7 Å². The third-order valence-corrected chi connectivity index (χ3v) is 5.79. The summed E-state index contributed by atoms with van der Waals surface area (Å²) in [4.78, 5) is 0. The molecule has 0 saturated heterocycles. The molecule has 0 N–H and O–H groups in total. The quantitative estimate of drug-likeness (QED) is 0.324. The van der Waals surface area contributed by atoms with Crippen LogP contribution < -0.4 is 13.5 Å². The fourth-order valence-corrected chi connectivity index (χ4v) is 4.77. The van der Waals surface area contributed by atoms with Gasteiger partial charge < -0.3 is 0 Å². The summed E-state index contributed by atoms with van der Waals surface area (Å²) < 4.78 is 9.60. The largest absolute Gasteiger partial charge is 0.345 e. The first kappa shape index (κ1) is 12.1. The zero-order valence-corrected chi connectivity index (χ0v) is 13.6. The average Bonchev–Trinajstić information content (AvgIpc) is 3.32. The highest BCUT2D eigenvalue weighted by Crippen LogP contribution is 2.35. The van der Waals surface area contributed by atoms with Crippen molar-refractivity contribution in [2.75, 3.05) is 0 Å². The molecule has 2 aliphatic rings. The van der Waals surface area contributed by atoms with E-state index < -0.39 is 0 Å². The topological polar surface area (TPSA) is 16.8 Å². The van der Waals surface area contributed by atoms with Crippen molar-refractivity contribution in [3.8, 4) is 11.3 Å². The lowest BCUT2D eigenvalue weighted by atomic mass is 10.1. The molecule has 0 fully saturated rings. The molecular weight excluding hydrogens is 308 g/mol. The lowest BCUT2D eigenvalue weighted by molar-refractivity contribution is -0.872. The highest BCUT2D eigenvalue weighted by molar-refractivity contribution is 6.05. The highest BCUT2D eigenvalue weighted by atomic mass is 15.2. The summed E-state index contributed by atoms with van der Waals surface area (Å²) >= 11 is 0. The van der Waals surface area contributed by atoms with Gasteiger partial charge in [-0.15, -0.1) is 9.13 Å². The summed E-state index contributed by atoms with van der Waals surface area (Å²) in [6, 6.07) is 17.4. The van der Waals surface area contributed by atoms with E-state index in [9.17, 15) is 0 Å². The Balaban J connectivity index is 1.78. The van der Waals surface area contributed by atoms with E-state index in [1.165, 1.54) is 44.4 Å². The maximum atomic E-state index is 2.47. The molecule has 4 heteroatoms. The van der Waals surface area contributed by atoms with Crippen molar-refractivity contribution in [2.45, 2.75) is 13.2 Å². The van der Waals surface area contributed by atoms with Gasteiger partial charge in [0.2, 0.25) is 5.52 Å². The molecule has 116 valence electrons. The lowest BCUT2D eigenvalue weighted by Crippen LogP contribution is -2.45. The number of pyridine rings is 3. The Morgan fingerprint density at radius 1 is 0.840 bits per heavy atom. The molecule has 0 saturated carbocycles. The molecule has 4 aromatic heterocycles. The van der Waals surface area contributed by atoms with E-state index in [0.717, 1.165) is 13.2 Å². The van der Waals surface area contributed by atoms with Gasteiger partial charge in [0, 0.05) is 23.3 Å². The van der Waals surface area contributed by atoms with Crippen LogP contribution in [0.4, 0.5) is 0 Å². The lowest BCUT2D eigenvalue weighted by Gasteiger charge is -1.98. The van der Waals surface area contributed by atoms with Gasteiger partial charge in [0.15, 0.2) is 23.5 Å². The van der Waals surface area contributed by atoms with Crippen LogP contribution in [-0.4, -0.2) is 4.57 Å². The van der Waals surface area contributed by atoms with Crippen molar-refractivity contribution < 1.29 is 13.5 Å². The Hall–Kier alpha value is -3.27. The van der Waals surface area contributed by atoms with E-state index in [4.69, 9.17) is 0 Å². The Bertz CT molecular complexity index is 1380. The maximum absolute atomic E-state index is 2.47. The molecule has 0 unspecified atom stereocenters. The number of aromatic nitrogens is 4. The van der Waals surface area contributed by atoms with Crippen molar-refractivity contribution in [3.63, 3.8) is 0 Å². The summed E-state index contributed by atoms with van der Waals surface area (Å²) in [6.07, 6.45) is 6.74. The van der Waals surface area contributed by atoms with Gasteiger partial charge in [-0.2, -0.15) is 4.40 Å². The van der Waals surface area contributed by atoms with Gasteiger partial charge in [-0.05, 0) is 6.07 Å². The zero-order valence-electron chi connectivity index (χ0n) is 13.6. The fraction of sp³-hybridized carbons (Fsp3) is 0.0952. The maximum Gasteiger partial charge on any atom is 0.345 e. The van der Waals surface area contributed by atoms with Crippen LogP contribution in [0.5, 0.6) is 0 Å². The van der Waals surface area contributed by atoms with Crippen LogP contribution >= 0.6 is 0 Å². The van der Waals surface area contributed by atoms with Crippen molar-refractivity contribution in [1.82, 2.24) is 4.57 Å². The van der Waals surface area contributed by atoms with Crippen LogP contribution in [0.3, 0.4) is 0 Å². The molecule has 25 heavy (non-hydrogen) atoms. The number of benzene rings is 1. The molecule has 0 radical (unpaired) electrons.